The highest BCUT2D eigenvalue weighted by atomic mass is 16.5. The van der Waals surface area contributed by atoms with Crippen molar-refractivity contribution in [3.63, 3.8) is 0 Å². The Labute approximate surface area is 164 Å². The fourth-order valence-corrected chi connectivity index (χ4v) is 3.13. The third-order valence-electron chi connectivity index (χ3n) is 4.56. The maximum absolute atomic E-state index is 12.4. The Balaban J connectivity index is 1.69. The van der Waals surface area contributed by atoms with Crippen LogP contribution in [0, 0.1) is 0 Å². The van der Waals surface area contributed by atoms with E-state index in [2.05, 4.69) is 9.72 Å². The zero-order chi connectivity index (χ0) is 20.5. The molecule has 0 spiro atoms. The predicted octanol–water partition coefficient (Wildman–Crippen LogP) is 2.45. The largest absolute Gasteiger partial charge is 0.493 e. The van der Waals surface area contributed by atoms with Crippen LogP contribution in [-0.2, 0) is 16.1 Å². The molecular formula is C21H16N2O6. The van der Waals surface area contributed by atoms with Gasteiger partial charge in [0.2, 0.25) is 11.6 Å². The van der Waals surface area contributed by atoms with E-state index in [1.54, 1.807) is 12.1 Å². The number of nitrogens with zero attached hydrogens (tertiary/aromatic N) is 1. The van der Waals surface area contributed by atoms with Crippen molar-refractivity contribution in [2.24, 2.45) is 0 Å². The van der Waals surface area contributed by atoms with Gasteiger partial charge in [-0.1, -0.05) is 30.3 Å². The average molecular weight is 392 g/mol. The van der Waals surface area contributed by atoms with Gasteiger partial charge in [-0.15, -0.1) is 0 Å². The Hall–Kier alpha value is -4.07. The van der Waals surface area contributed by atoms with Crippen LogP contribution in [0.2, 0.25) is 0 Å². The number of allylic oxidation sites excluding steroid dienone is 2. The van der Waals surface area contributed by atoms with Crippen molar-refractivity contribution in [2.45, 2.75) is 6.54 Å². The van der Waals surface area contributed by atoms with E-state index in [0.29, 0.717) is 11.1 Å². The van der Waals surface area contributed by atoms with Gasteiger partial charge in [-0.25, -0.2) is 9.59 Å². The molecule has 0 saturated heterocycles. The molecule has 0 aliphatic heterocycles. The summed E-state index contributed by atoms with van der Waals surface area (Å²) in [6.45, 7) is -0.105. The lowest BCUT2D eigenvalue weighted by molar-refractivity contribution is -0.109. The Kier molecular flexibility index (Phi) is 4.52. The Bertz CT molecular complexity index is 1240. The van der Waals surface area contributed by atoms with Gasteiger partial charge in [0.15, 0.2) is 5.78 Å². The van der Waals surface area contributed by atoms with E-state index in [0.717, 1.165) is 10.1 Å². The van der Waals surface area contributed by atoms with Gasteiger partial charge in [0.1, 0.15) is 11.5 Å². The Morgan fingerprint density at radius 2 is 2.00 bits per heavy atom. The first kappa shape index (κ1) is 18.3. The molecule has 2 N–H and O–H groups in total. The van der Waals surface area contributed by atoms with Crippen LogP contribution in [0.3, 0.4) is 0 Å². The number of aromatic amines is 1. The zero-order valence-electron chi connectivity index (χ0n) is 15.3. The van der Waals surface area contributed by atoms with Gasteiger partial charge in [0, 0.05) is 5.57 Å². The topological polar surface area (TPSA) is 115 Å². The lowest BCUT2D eigenvalue weighted by atomic mass is 9.91. The number of hydrogen-bond donors (Lipinski definition) is 2. The number of fused-ring (bicyclic) bond motifs is 1. The molecule has 0 fully saturated rings. The summed E-state index contributed by atoms with van der Waals surface area (Å²) in [6.07, 6.45) is 4.61. The molecule has 146 valence electrons. The minimum absolute atomic E-state index is 0.0101. The minimum Gasteiger partial charge on any atom is -0.493 e. The van der Waals surface area contributed by atoms with Crippen LogP contribution in [-0.4, -0.2) is 33.5 Å². The number of esters is 1. The number of aromatic hydroxyl groups is 1. The molecule has 29 heavy (non-hydrogen) atoms. The van der Waals surface area contributed by atoms with Crippen LogP contribution in [0.5, 0.6) is 5.88 Å². The van der Waals surface area contributed by atoms with Gasteiger partial charge in [0.05, 0.1) is 13.7 Å². The molecule has 3 aromatic rings. The number of rotatable bonds is 4. The van der Waals surface area contributed by atoms with Gasteiger partial charge in [-0.05, 0) is 35.4 Å². The monoisotopic (exact) mass is 392 g/mol. The van der Waals surface area contributed by atoms with E-state index in [4.69, 9.17) is 4.42 Å². The van der Waals surface area contributed by atoms with Crippen molar-refractivity contribution in [1.29, 1.82) is 0 Å². The number of furan rings is 1. The van der Waals surface area contributed by atoms with E-state index in [1.807, 2.05) is 18.2 Å². The number of aromatic nitrogens is 2. The van der Waals surface area contributed by atoms with Crippen molar-refractivity contribution in [1.82, 2.24) is 9.55 Å². The third-order valence-corrected chi connectivity index (χ3v) is 4.56. The van der Waals surface area contributed by atoms with Crippen LogP contribution in [0.4, 0.5) is 0 Å². The summed E-state index contributed by atoms with van der Waals surface area (Å²) < 4.78 is 11.0. The number of imidazole rings is 1. The summed E-state index contributed by atoms with van der Waals surface area (Å²) in [5.41, 5.74) is 1.45. The van der Waals surface area contributed by atoms with Crippen molar-refractivity contribution in [3.05, 3.63) is 81.3 Å². The summed E-state index contributed by atoms with van der Waals surface area (Å²) in [5.74, 6) is -0.953. The molecule has 8 heteroatoms. The van der Waals surface area contributed by atoms with Crippen LogP contribution in [0.15, 0.2) is 51.7 Å². The zero-order valence-corrected chi connectivity index (χ0v) is 15.3. The smallest absolute Gasteiger partial charge is 0.373 e. The van der Waals surface area contributed by atoms with Gasteiger partial charge < -0.3 is 19.2 Å². The Morgan fingerprint density at radius 3 is 2.79 bits per heavy atom. The summed E-state index contributed by atoms with van der Waals surface area (Å²) in [7, 11) is 1.23. The second kappa shape index (κ2) is 7.16. The van der Waals surface area contributed by atoms with Crippen LogP contribution < -0.4 is 5.69 Å². The SMILES string of the molecule is COC(=O)c1ccc(Cn2c(O)c(/C=C3\C(=O)C=Cc4ccccc43)[nH]c2=O)o1. The maximum Gasteiger partial charge on any atom is 0.373 e. The van der Waals surface area contributed by atoms with Crippen molar-refractivity contribution >= 4 is 29.5 Å². The lowest BCUT2D eigenvalue weighted by Gasteiger charge is -2.12. The molecule has 0 unspecified atom stereocenters. The molecule has 2 aromatic heterocycles. The summed E-state index contributed by atoms with van der Waals surface area (Å²) in [5, 5.41) is 10.5. The Morgan fingerprint density at radius 1 is 1.21 bits per heavy atom. The molecule has 8 nitrogen and oxygen atoms in total. The lowest BCUT2D eigenvalue weighted by Crippen LogP contribution is -2.16. The minimum atomic E-state index is -0.644. The van der Waals surface area contributed by atoms with Crippen LogP contribution >= 0.6 is 0 Å². The summed E-state index contributed by atoms with van der Waals surface area (Å²) in [4.78, 5) is 38.7. The number of ether oxygens (including phenoxy) is 1. The molecule has 1 aromatic carbocycles. The molecule has 0 radical (unpaired) electrons. The van der Waals surface area contributed by atoms with Crippen molar-refractivity contribution < 1.29 is 23.8 Å². The number of carbonyl (C=O) groups excluding carboxylic acids is 2. The van der Waals surface area contributed by atoms with Crippen LogP contribution in [0.25, 0.3) is 17.7 Å². The highest BCUT2D eigenvalue weighted by Crippen LogP contribution is 2.29. The standard InChI is InChI=1S/C21H16N2O6/c1-28-20(26)18-9-7-13(29-18)11-23-19(25)16(22-21(23)27)10-15-14-5-3-2-4-12(14)6-8-17(15)24/h2-10,25H,11H2,1H3,(H,22,27)/b15-10-. The van der Waals surface area contributed by atoms with Crippen molar-refractivity contribution in [2.75, 3.05) is 7.11 Å². The molecule has 0 amide bonds. The van der Waals surface area contributed by atoms with Gasteiger partial charge in [0.25, 0.3) is 0 Å². The maximum atomic E-state index is 12.4. The number of hydrogen-bond acceptors (Lipinski definition) is 6. The van der Waals surface area contributed by atoms with E-state index in [9.17, 15) is 19.5 Å². The third kappa shape index (κ3) is 3.31. The number of ketones is 1. The van der Waals surface area contributed by atoms with Gasteiger partial charge in [-0.3, -0.25) is 9.36 Å². The highest BCUT2D eigenvalue weighted by Gasteiger charge is 2.20. The van der Waals surface area contributed by atoms with E-state index < -0.39 is 11.7 Å². The normalized spacial score (nSPS) is 14.2. The van der Waals surface area contributed by atoms with E-state index in [1.165, 1.54) is 31.4 Å². The second-order valence-electron chi connectivity index (χ2n) is 6.35. The second-order valence-corrected chi connectivity index (χ2v) is 6.35. The molecule has 4 rings (SSSR count). The van der Waals surface area contributed by atoms with Crippen molar-refractivity contribution in [3.8, 4) is 5.88 Å². The number of carbonyl (C=O) groups is 2. The first-order valence-electron chi connectivity index (χ1n) is 8.70. The number of methoxy groups -OCH3 is 1. The number of benzene rings is 1. The fraction of sp³-hybridized carbons (Fsp3) is 0.0952. The van der Waals surface area contributed by atoms with Gasteiger partial charge >= 0.3 is 11.7 Å². The number of nitrogens with one attached hydrogen (secondary N) is 1. The first-order valence-corrected chi connectivity index (χ1v) is 8.70. The quantitative estimate of drug-likeness (QED) is 0.521. The van der Waals surface area contributed by atoms with E-state index >= 15 is 0 Å². The predicted molar refractivity (Wildman–Crippen MR) is 104 cm³/mol. The summed E-state index contributed by atoms with van der Waals surface area (Å²) in [6, 6.07) is 10.3. The molecular weight excluding hydrogens is 376 g/mol. The fourth-order valence-electron chi connectivity index (χ4n) is 3.13. The van der Waals surface area contributed by atoms with E-state index in [-0.39, 0.29) is 35.4 Å². The first-order chi connectivity index (χ1) is 14.0. The van der Waals surface area contributed by atoms with Gasteiger partial charge in [-0.2, -0.15) is 0 Å². The molecule has 0 bridgehead atoms. The number of H-pyrrole nitrogens is 1. The molecule has 1 aliphatic rings. The average Bonchev–Trinajstić information content (AvgIpc) is 3.30. The molecule has 0 atom stereocenters. The highest BCUT2D eigenvalue weighted by molar-refractivity contribution is 6.33. The summed E-state index contributed by atoms with van der Waals surface area (Å²) >= 11 is 0. The molecule has 2 heterocycles. The van der Waals surface area contributed by atoms with Crippen LogP contribution in [0.1, 0.15) is 33.1 Å². The molecule has 0 saturated carbocycles. The molecule has 1 aliphatic carbocycles.